The maximum atomic E-state index is 12.0. The molecular formula is C17H23N3O5S. The van der Waals surface area contributed by atoms with Crippen LogP contribution in [0.5, 0.6) is 0 Å². The van der Waals surface area contributed by atoms with E-state index in [4.69, 9.17) is 5.11 Å². The normalized spacial score (nSPS) is 17.3. The third-order valence-corrected chi connectivity index (χ3v) is 5.37. The molecule has 1 aromatic carbocycles. The maximum absolute atomic E-state index is 12.0. The number of carbonyl (C=O) groups is 2. The summed E-state index contributed by atoms with van der Waals surface area (Å²) in [7, 11) is -3.57. The van der Waals surface area contributed by atoms with Crippen LogP contribution in [0.4, 0.5) is 0 Å². The number of nitrogens with zero attached hydrogens (tertiary/aromatic N) is 1. The van der Waals surface area contributed by atoms with Gasteiger partial charge in [0.2, 0.25) is 5.91 Å². The second kappa shape index (κ2) is 8.79. The summed E-state index contributed by atoms with van der Waals surface area (Å²) in [6.07, 6.45) is 2.50. The lowest BCUT2D eigenvalue weighted by atomic mass is 10.1. The van der Waals surface area contributed by atoms with Crippen LogP contribution in [0, 0.1) is 0 Å². The molecule has 0 radical (unpaired) electrons. The number of rotatable bonds is 9. The number of hydrogen-bond donors (Lipinski definition) is 3. The van der Waals surface area contributed by atoms with Crippen molar-refractivity contribution in [1.29, 1.82) is 0 Å². The Morgan fingerprint density at radius 2 is 2.00 bits per heavy atom. The predicted molar refractivity (Wildman–Crippen MR) is 96.5 cm³/mol. The molecule has 0 saturated heterocycles. The van der Waals surface area contributed by atoms with Crippen molar-refractivity contribution in [2.75, 3.05) is 6.54 Å². The highest BCUT2D eigenvalue weighted by molar-refractivity contribution is 7.90. The van der Waals surface area contributed by atoms with Gasteiger partial charge < -0.3 is 10.4 Å². The quantitative estimate of drug-likeness (QED) is 0.556. The number of unbranched alkanes of at least 4 members (excludes halogenated alkanes) is 1. The first kappa shape index (κ1) is 19.9. The van der Waals surface area contributed by atoms with Crippen molar-refractivity contribution >= 4 is 27.7 Å². The standard InChI is InChI=1S/C17H23N3O5S/c1-2-3-8-13(17(22)23)19-15(21)10-6-11-18-16-12-7-4-5-9-14(12)26(24,25)20-16/h4-5,7,9,13H,2-3,6,8,10-11H2,1H3,(H,18,20)(H,19,21)(H,22,23). The average molecular weight is 381 g/mol. The van der Waals surface area contributed by atoms with E-state index in [0.717, 1.165) is 12.8 Å². The fraction of sp³-hybridized carbons (Fsp3) is 0.471. The predicted octanol–water partition coefficient (Wildman–Crippen LogP) is 1.26. The van der Waals surface area contributed by atoms with Crippen molar-refractivity contribution in [2.45, 2.75) is 50.0 Å². The molecule has 1 amide bonds. The molecule has 1 aliphatic rings. The second-order valence-corrected chi connectivity index (χ2v) is 7.69. The SMILES string of the molecule is CCCCC(NC(=O)CCCN=C1NS(=O)(=O)c2ccccc21)C(=O)O. The number of aliphatic carboxylic acids is 1. The highest BCUT2D eigenvalue weighted by Gasteiger charge is 2.29. The van der Waals surface area contributed by atoms with Gasteiger partial charge in [-0.15, -0.1) is 0 Å². The van der Waals surface area contributed by atoms with E-state index < -0.39 is 22.0 Å². The van der Waals surface area contributed by atoms with E-state index in [0.29, 0.717) is 18.4 Å². The molecule has 3 N–H and O–H groups in total. The largest absolute Gasteiger partial charge is 0.480 e. The number of fused-ring (bicyclic) bond motifs is 1. The molecule has 0 aliphatic carbocycles. The average Bonchev–Trinajstić information content (AvgIpc) is 2.86. The maximum Gasteiger partial charge on any atom is 0.326 e. The number of carbonyl (C=O) groups excluding carboxylic acids is 1. The lowest BCUT2D eigenvalue weighted by Gasteiger charge is -2.13. The molecule has 0 fully saturated rings. The second-order valence-electron chi connectivity index (χ2n) is 6.04. The summed E-state index contributed by atoms with van der Waals surface area (Å²) in [4.78, 5) is 27.4. The molecular weight excluding hydrogens is 358 g/mol. The van der Waals surface area contributed by atoms with E-state index in [-0.39, 0.29) is 29.6 Å². The highest BCUT2D eigenvalue weighted by Crippen LogP contribution is 2.22. The van der Waals surface area contributed by atoms with Crippen molar-refractivity contribution in [2.24, 2.45) is 4.99 Å². The molecule has 1 unspecified atom stereocenters. The molecule has 0 bridgehead atoms. The van der Waals surface area contributed by atoms with Gasteiger partial charge in [-0.1, -0.05) is 31.9 Å². The third kappa shape index (κ3) is 5.04. The number of sulfonamides is 1. The summed E-state index contributed by atoms with van der Waals surface area (Å²) >= 11 is 0. The van der Waals surface area contributed by atoms with E-state index in [9.17, 15) is 18.0 Å². The Kier molecular flexibility index (Phi) is 6.73. The zero-order valence-electron chi connectivity index (χ0n) is 14.6. The monoisotopic (exact) mass is 381 g/mol. The molecule has 1 atom stereocenters. The zero-order valence-corrected chi connectivity index (χ0v) is 15.4. The van der Waals surface area contributed by atoms with Gasteiger partial charge in [0.1, 0.15) is 11.9 Å². The summed E-state index contributed by atoms with van der Waals surface area (Å²) in [5.74, 6) is -1.11. The van der Waals surface area contributed by atoms with Crippen LogP contribution >= 0.6 is 0 Å². The number of amidine groups is 1. The molecule has 9 heteroatoms. The molecule has 2 rings (SSSR count). The van der Waals surface area contributed by atoms with Gasteiger partial charge in [-0.2, -0.15) is 0 Å². The van der Waals surface area contributed by atoms with Gasteiger partial charge in [-0.25, -0.2) is 13.2 Å². The van der Waals surface area contributed by atoms with Crippen LogP contribution in [0.3, 0.4) is 0 Å². The Hall–Kier alpha value is -2.42. The number of amides is 1. The van der Waals surface area contributed by atoms with E-state index in [2.05, 4.69) is 15.0 Å². The first-order valence-corrected chi connectivity index (χ1v) is 10.0. The first-order chi connectivity index (χ1) is 12.3. The Morgan fingerprint density at radius 1 is 1.27 bits per heavy atom. The van der Waals surface area contributed by atoms with Gasteiger partial charge in [0.25, 0.3) is 10.0 Å². The van der Waals surface area contributed by atoms with Crippen LogP contribution in [0.25, 0.3) is 0 Å². The number of hydrogen-bond acceptors (Lipinski definition) is 5. The van der Waals surface area contributed by atoms with E-state index in [1.165, 1.54) is 6.07 Å². The summed E-state index contributed by atoms with van der Waals surface area (Å²) in [5.41, 5.74) is 0.516. The lowest BCUT2D eigenvalue weighted by Crippen LogP contribution is -2.40. The Labute approximate surface area is 152 Å². The number of nitrogens with one attached hydrogen (secondary N) is 2. The van der Waals surface area contributed by atoms with Crippen LogP contribution in [0.15, 0.2) is 34.2 Å². The molecule has 1 aliphatic heterocycles. The van der Waals surface area contributed by atoms with Gasteiger partial charge >= 0.3 is 5.97 Å². The fourth-order valence-electron chi connectivity index (χ4n) is 2.61. The molecule has 26 heavy (non-hydrogen) atoms. The Bertz CT molecular complexity index is 804. The Morgan fingerprint density at radius 3 is 2.69 bits per heavy atom. The number of benzene rings is 1. The zero-order chi connectivity index (χ0) is 19.2. The van der Waals surface area contributed by atoms with Gasteiger partial charge in [0.15, 0.2) is 0 Å². The van der Waals surface area contributed by atoms with Gasteiger partial charge in [0.05, 0.1) is 4.90 Å². The van der Waals surface area contributed by atoms with Crippen molar-refractivity contribution in [3.05, 3.63) is 29.8 Å². The van der Waals surface area contributed by atoms with Crippen LogP contribution in [-0.2, 0) is 19.6 Å². The minimum atomic E-state index is -3.57. The van der Waals surface area contributed by atoms with E-state index in [1.807, 2.05) is 6.92 Å². The van der Waals surface area contributed by atoms with Gasteiger partial charge in [0, 0.05) is 18.5 Å². The Balaban J connectivity index is 1.86. The number of aliphatic imine (C=N–C) groups is 1. The summed E-state index contributed by atoms with van der Waals surface area (Å²) in [5, 5.41) is 11.6. The smallest absolute Gasteiger partial charge is 0.326 e. The fourth-order valence-corrected chi connectivity index (χ4v) is 3.86. The van der Waals surface area contributed by atoms with Gasteiger partial charge in [-0.05, 0) is 25.0 Å². The van der Waals surface area contributed by atoms with Crippen LogP contribution < -0.4 is 10.0 Å². The minimum absolute atomic E-state index is 0.126. The molecule has 1 aromatic rings. The molecule has 142 valence electrons. The van der Waals surface area contributed by atoms with E-state index in [1.54, 1.807) is 18.2 Å². The molecule has 0 saturated carbocycles. The van der Waals surface area contributed by atoms with Crippen molar-refractivity contribution in [3.63, 3.8) is 0 Å². The van der Waals surface area contributed by atoms with Crippen LogP contribution in [0.1, 0.15) is 44.6 Å². The van der Waals surface area contributed by atoms with Crippen LogP contribution in [0.2, 0.25) is 0 Å². The topological polar surface area (TPSA) is 125 Å². The third-order valence-electron chi connectivity index (χ3n) is 3.97. The molecule has 8 nitrogen and oxygen atoms in total. The highest BCUT2D eigenvalue weighted by atomic mass is 32.2. The summed E-state index contributed by atoms with van der Waals surface area (Å²) in [6.45, 7) is 2.21. The first-order valence-electron chi connectivity index (χ1n) is 8.54. The molecule has 1 heterocycles. The van der Waals surface area contributed by atoms with Crippen LogP contribution in [-0.4, -0.2) is 43.8 Å². The molecule has 0 aromatic heterocycles. The lowest BCUT2D eigenvalue weighted by molar-refractivity contribution is -0.142. The number of carboxylic acid groups (broad SMARTS) is 1. The van der Waals surface area contributed by atoms with Crippen molar-refractivity contribution < 1.29 is 23.1 Å². The van der Waals surface area contributed by atoms with Gasteiger partial charge in [-0.3, -0.25) is 14.5 Å². The van der Waals surface area contributed by atoms with Crippen molar-refractivity contribution in [3.8, 4) is 0 Å². The summed E-state index contributed by atoms with van der Waals surface area (Å²) < 4.78 is 26.3. The number of carboxylic acids is 1. The van der Waals surface area contributed by atoms with E-state index >= 15 is 0 Å². The minimum Gasteiger partial charge on any atom is -0.480 e. The molecule has 0 spiro atoms. The summed E-state index contributed by atoms with van der Waals surface area (Å²) in [6, 6.07) is 5.68. The van der Waals surface area contributed by atoms with Crippen molar-refractivity contribution in [1.82, 2.24) is 10.0 Å².